The zero-order chi connectivity index (χ0) is 20.9. The van der Waals surface area contributed by atoms with Gasteiger partial charge in [0.2, 0.25) is 15.9 Å². The molecule has 0 saturated heterocycles. The van der Waals surface area contributed by atoms with E-state index in [2.05, 4.69) is 5.32 Å². The first kappa shape index (κ1) is 22.0. The number of nitrogens with zero attached hydrogens (tertiary/aromatic N) is 1. The van der Waals surface area contributed by atoms with Crippen molar-refractivity contribution in [3.63, 3.8) is 0 Å². The molecule has 2 aromatic carbocycles. The van der Waals surface area contributed by atoms with Crippen LogP contribution in [0.25, 0.3) is 0 Å². The van der Waals surface area contributed by atoms with Gasteiger partial charge < -0.3 is 14.8 Å². The van der Waals surface area contributed by atoms with Crippen LogP contribution in [0.1, 0.15) is 18.5 Å². The van der Waals surface area contributed by atoms with E-state index in [4.69, 9.17) is 21.1 Å². The second-order valence-electron chi connectivity index (χ2n) is 6.09. The van der Waals surface area contributed by atoms with Gasteiger partial charge in [-0.25, -0.2) is 8.42 Å². The second kappa shape index (κ2) is 9.27. The molecule has 0 aliphatic heterocycles. The predicted molar refractivity (Wildman–Crippen MR) is 107 cm³/mol. The lowest BCUT2D eigenvalue weighted by molar-refractivity contribution is -0.121. The highest BCUT2D eigenvalue weighted by atomic mass is 35.5. The summed E-state index contributed by atoms with van der Waals surface area (Å²) in [6, 6.07) is 11.2. The van der Waals surface area contributed by atoms with Crippen molar-refractivity contribution in [2.45, 2.75) is 17.9 Å². The van der Waals surface area contributed by atoms with Crippen LogP contribution in [0.15, 0.2) is 47.4 Å². The summed E-state index contributed by atoms with van der Waals surface area (Å²) >= 11 is 5.93. The summed E-state index contributed by atoms with van der Waals surface area (Å²) in [4.78, 5) is 12.3. The Kier molecular flexibility index (Phi) is 7.29. The number of carbonyl (C=O) groups excluding carboxylic acids is 1. The van der Waals surface area contributed by atoms with Crippen LogP contribution in [-0.4, -0.2) is 46.4 Å². The molecule has 0 fully saturated rings. The minimum atomic E-state index is -3.97. The van der Waals surface area contributed by atoms with Gasteiger partial charge in [0.05, 0.1) is 26.8 Å². The van der Waals surface area contributed by atoms with Crippen LogP contribution in [0.4, 0.5) is 0 Å². The molecule has 0 aromatic heterocycles. The Bertz CT molecular complexity index is 949. The number of carbonyl (C=O) groups is 1. The molecule has 0 bridgehead atoms. The van der Waals surface area contributed by atoms with Gasteiger partial charge in [-0.3, -0.25) is 4.79 Å². The molecule has 0 heterocycles. The fourth-order valence-corrected chi connectivity index (χ4v) is 4.24. The minimum Gasteiger partial charge on any atom is -0.496 e. The van der Waals surface area contributed by atoms with E-state index in [1.165, 1.54) is 32.4 Å². The Morgan fingerprint density at radius 3 is 2.43 bits per heavy atom. The maximum absolute atomic E-state index is 12.8. The van der Waals surface area contributed by atoms with Crippen LogP contribution in [0, 0.1) is 0 Å². The number of methoxy groups -OCH3 is 2. The van der Waals surface area contributed by atoms with Crippen LogP contribution >= 0.6 is 11.6 Å². The third-order valence-electron chi connectivity index (χ3n) is 4.16. The third-order valence-corrected chi connectivity index (χ3v) is 6.22. The zero-order valence-corrected chi connectivity index (χ0v) is 17.7. The van der Waals surface area contributed by atoms with Gasteiger partial charge in [-0.1, -0.05) is 29.8 Å². The molecular weight excluding hydrogens is 404 g/mol. The molecule has 0 saturated carbocycles. The smallest absolute Gasteiger partial charge is 0.247 e. The quantitative estimate of drug-likeness (QED) is 0.701. The average molecular weight is 427 g/mol. The number of sulfonamides is 1. The van der Waals surface area contributed by atoms with Gasteiger partial charge in [-0.2, -0.15) is 4.31 Å². The highest BCUT2D eigenvalue weighted by Gasteiger charge is 2.27. The lowest BCUT2D eigenvalue weighted by Gasteiger charge is -2.21. The van der Waals surface area contributed by atoms with Crippen molar-refractivity contribution >= 4 is 27.5 Å². The topological polar surface area (TPSA) is 84.9 Å². The van der Waals surface area contributed by atoms with E-state index < -0.39 is 15.9 Å². The number of benzene rings is 2. The van der Waals surface area contributed by atoms with Crippen molar-refractivity contribution in [3.05, 3.63) is 53.1 Å². The third kappa shape index (κ3) is 4.95. The second-order valence-corrected chi connectivity index (χ2v) is 8.54. The highest BCUT2D eigenvalue weighted by molar-refractivity contribution is 7.89. The Hall–Kier alpha value is -2.29. The molecule has 152 valence electrons. The number of hydrogen-bond donors (Lipinski definition) is 1. The first-order valence-corrected chi connectivity index (χ1v) is 10.2. The van der Waals surface area contributed by atoms with E-state index in [1.807, 2.05) is 18.2 Å². The minimum absolute atomic E-state index is 0.101. The fourth-order valence-electron chi connectivity index (χ4n) is 2.70. The first-order valence-electron chi connectivity index (χ1n) is 8.42. The maximum Gasteiger partial charge on any atom is 0.247 e. The summed E-state index contributed by atoms with van der Waals surface area (Å²) in [6.07, 6.45) is 0. The fraction of sp³-hybridized carbons (Fsp3) is 0.316. The molecule has 0 aliphatic carbocycles. The number of halogens is 1. The molecule has 0 spiro atoms. The molecule has 1 amide bonds. The predicted octanol–water partition coefficient (Wildman–Crippen LogP) is 2.86. The van der Waals surface area contributed by atoms with Gasteiger partial charge in [-0.15, -0.1) is 0 Å². The highest BCUT2D eigenvalue weighted by Crippen LogP contribution is 2.29. The number of para-hydroxylation sites is 1. The van der Waals surface area contributed by atoms with E-state index in [9.17, 15) is 13.2 Å². The summed E-state index contributed by atoms with van der Waals surface area (Å²) in [5, 5.41) is 3.03. The Balaban J connectivity index is 2.14. The van der Waals surface area contributed by atoms with Crippen LogP contribution in [-0.2, 0) is 14.8 Å². The number of rotatable bonds is 8. The number of ether oxygens (including phenoxy) is 2. The van der Waals surface area contributed by atoms with E-state index >= 15 is 0 Å². The molecule has 9 heteroatoms. The molecule has 28 heavy (non-hydrogen) atoms. The number of hydrogen-bond acceptors (Lipinski definition) is 5. The largest absolute Gasteiger partial charge is 0.496 e. The summed E-state index contributed by atoms with van der Waals surface area (Å²) in [7, 11) is 0.261. The van der Waals surface area contributed by atoms with Crippen molar-refractivity contribution in [1.82, 2.24) is 9.62 Å². The number of likely N-dealkylation sites (N-methyl/N-ethyl adjacent to an activating group) is 1. The van der Waals surface area contributed by atoms with Gasteiger partial charge >= 0.3 is 0 Å². The maximum atomic E-state index is 12.8. The standard InChI is InChI=1S/C19H23ClN2O5S/c1-13(15-7-5-6-8-16(15)26-3)21-19(23)12-22(2)28(24,25)18-11-14(20)9-10-17(18)27-4/h5-11,13H,12H2,1-4H3,(H,21,23)/t13-/m0/s1. The molecule has 0 aliphatic rings. The van der Waals surface area contributed by atoms with Crippen LogP contribution in [0.5, 0.6) is 11.5 Å². The lowest BCUT2D eigenvalue weighted by Crippen LogP contribution is -2.39. The van der Waals surface area contributed by atoms with Crippen LogP contribution in [0.3, 0.4) is 0 Å². The molecule has 2 aromatic rings. The summed E-state index contributed by atoms with van der Waals surface area (Å²) in [5.74, 6) is 0.337. The van der Waals surface area contributed by atoms with Crippen molar-refractivity contribution in [1.29, 1.82) is 0 Å². The van der Waals surface area contributed by atoms with E-state index in [0.717, 1.165) is 9.87 Å². The van der Waals surface area contributed by atoms with E-state index in [-0.39, 0.29) is 28.3 Å². The van der Waals surface area contributed by atoms with Crippen LogP contribution < -0.4 is 14.8 Å². The Labute approximate surface area is 170 Å². The van der Waals surface area contributed by atoms with Gasteiger partial charge in [0.15, 0.2) is 0 Å². The molecule has 1 atom stereocenters. The van der Waals surface area contributed by atoms with E-state index in [1.54, 1.807) is 20.1 Å². The summed E-state index contributed by atoms with van der Waals surface area (Å²) in [6.45, 7) is 1.43. The Morgan fingerprint density at radius 2 is 1.79 bits per heavy atom. The molecule has 2 rings (SSSR count). The molecule has 7 nitrogen and oxygen atoms in total. The molecule has 0 radical (unpaired) electrons. The number of amides is 1. The van der Waals surface area contributed by atoms with Gasteiger partial charge in [0.25, 0.3) is 0 Å². The summed E-state index contributed by atoms with van der Waals surface area (Å²) in [5.41, 5.74) is 0.792. The van der Waals surface area contributed by atoms with Gasteiger partial charge in [0.1, 0.15) is 16.4 Å². The Morgan fingerprint density at radius 1 is 1.14 bits per heavy atom. The van der Waals surface area contributed by atoms with Gasteiger partial charge in [-0.05, 0) is 31.2 Å². The number of nitrogens with one attached hydrogen (secondary N) is 1. The SMILES string of the molecule is COc1ccccc1[C@H](C)NC(=O)CN(C)S(=O)(=O)c1cc(Cl)ccc1OC. The van der Waals surface area contributed by atoms with Crippen molar-refractivity contribution < 1.29 is 22.7 Å². The monoisotopic (exact) mass is 426 g/mol. The van der Waals surface area contributed by atoms with Crippen molar-refractivity contribution in [3.8, 4) is 11.5 Å². The lowest BCUT2D eigenvalue weighted by atomic mass is 10.1. The van der Waals surface area contributed by atoms with Crippen molar-refractivity contribution in [2.24, 2.45) is 0 Å². The first-order chi connectivity index (χ1) is 13.2. The summed E-state index contributed by atoms with van der Waals surface area (Å²) < 4.78 is 37.0. The zero-order valence-electron chi connectivity index (χ0n) is 16.1. The average Bonchev–Trinajstić information content (AvgIpc) is 2.67. The van der Waals surface area contributed by atoms with Crippen molar-refractivity contribution in [2.75, 3.05) is 27.8 Å². The normalized spacial score (nSPS) is 12.5. The van der Waals surface area contributed by atoms with Gasteiger partial charge in [0, 0.05) is 17.6 Å². The molecule has 0 unspecified atom stereocenters. The van der Waals surface area contributed by atoms with Crippen LogP contribution in [0.2, 0.25) is 5.02 Å². The molecule has 1 N–H and O–H groups in total. The molecular formula is C19H23ClN2O5S. The van der Waals surface area contributed by atoms with E-state index in [0.29, 0.717) is 5.75 Å².